The Bertz CT molecular complexity index is 1260. The highest BCUT2D eigenvalue weighted by molar-refractivity contribution is 6.35. The molecule has 6 nitrogen and oxygen atoms in total. The Morgan fingerprint density at radius 1 is 0.812 bits per heavy atom. The van der Waals surface area contributed by atoms with E-state index < -0.39 is 23.9 Å². The van der Waals surface area contributed by atoms with E-state index in [1.807, 2.05) is 26.0 Å². The van der Waals surface area contributed by atoms with Gasteiger partial charge in [0.05, 0.1) is 22.4 Å². The number of anilines is 1. The fourth-order valence-corrected chi connectivity index (χ4v) is 3.67. The first-order chi connectivity index (χ1) is 15.3. The van der Waals surface area contributed by atoms with Crippen LogP contribution in [0.2, 0.25) is 0 Å². The molecular formula is C26H21NO5. The van der Waals surface area contributed by atoms with E-state index in [9.17, 15) is 19.2 Å². The zero-order chi connectivity index (χ0) is 23.0. The van der Waals surface area contributed by atoms with Crippen molar-refractivity contribution in [3.8, 4) is 0 Å². The van der Waals surface area contributed by atoms with E-state index in [-0.39, 0.29) is 22.5 Å². The summed E-state index contributed by atoms with van der Waals surface area (Å²) in [6, 6.07) is 18.3. The van der Waals surface area contributed by atoms with Gasteiger partial charge in [-0.1, -0.05) is 42.5 Å². The monoisotopic (exact) mass is 427 g/mol. The third kappa shape index (κ3) is 3.71. The molecule has 1 aliphatic heterocycles. The summed E-state index contributed by atoms with van der Waals surface area (Å²) in [5, 5.41) is 0. The van der Waals surface area contributed by atoms with E-state index in [1.165, 1.54) is 25.1 Å². The average molecular weight is 427 g/mol. The van der Waals surface area contributed by atoms with Crippen LogP contribution in [0.25, 0.3) is 0 Å². The van der Waals surface area contributed by atoms with Gasteiger partial charge in [-0.25, -0.2) is 9.69 Å². The van der Waals surface area contributed by atoms with Crippen LogP contribution in [0.4, 0.5) is 5.69 Å². The van der Waals surface area contributed by atoms with E-state index in [1.54, 1.807) is 36.4 Å². The average Bonchev–Trinajstić information content (AvgIpc) is 3.04. The number of ether oxygens (including phenoxy) is 1. The van der Waals surface area contributed by atoms with Gasteiger partial charge >= 0.3 is 5.97 Å². The standard InChI is InChI=1S/C26H21NO5/c1-15-9-10-16(2)22(13-15)27-24(29)20-12-11-19(14-21(20)25(27)30)26(31)32-17(3)23(28)18-7-5-4-6-8-18/h4-14,17H,1-3H3/t17-/m0/s1. The maximum Gasteiger partial charge on any atom is 0.338 e. The Balaban J connectivity index is 1.58. The van der Waals surface area contributed by atoms with Gasteiger partial charge in [-0.2, -0.15) is 0 Å². The lowest BCUT2D eigenvalue weighted by Crippen LogP contribution is -2.30. The third-order valence-electron chi connectivity index (χ3n) is 5.44. The van der Waals surface area contributed by atoms with Crippen molar-refractivity contribution in [2.45, 2.75) is 26.9 Å². The first kappa shape index (κ1) is 21.2. The lowest BCUT2D eigenvalue weighted by Gasteiger charge is -2.17. The molecule has 0 N–H and O–H groups in total. The molecule has 0 unspecified atom stereocenters. The molecule has 0 spiro atoms. The summed E-state index contributed by atoms with van der Waals surface area (Å²) in [5.74, 6) is -2.00. The van der Waals surface area contributed by atoms with Crippen LogP contribution in [0, 0.1) is 13.8 Å². The smallest absolute Gasteiger partial charge is 0.338 e. The van der Waals surface area contributed by atoms with E-state index in [0.717, 1.165) is 16.0 Å². The second kappa shape index (κ2) is 8.23. The minimum Gasteiger partial charge on any atom is -0.451 e. The van der Waals surface area contributed by atoms with Crippen LogP contribution in [0.5, 0.6) is 0 Å². The van der Waals surface area contributed by atoms with Gasteiger partial charge < -0.3 is 4.74 Å². The quantitative estimate of drug-likeness (QED) is 0.339. The van der Waals surface area contributed by atoms with Crippen LogP contribution >= 0.6 is 0 Å². The number of fused-ring (bicyclic) bond motifs is 1. The number of hydrogen-bond donors (Lipinski definition) is 0. The Morgan fingerprint density at radius 2 is 1.50 bits per heavy atom. The van der Waals surface area contributed by atoms with Crippen molar-refractivity contribution in [1.29, 1.82) is 0 Å². The highest BCUT2D eigenvalue weighted by Crippen LogP contribution is 2.32. The van der Waals surface area contributed by atoms with Gasteiger partial charge in [-0.05, 0) is 56.2 Å². The number of nitrogens with zero attached hydrogens (tertiary/aromatic N) is 1. The normalized spacial score (nSPS) is 13.7. The summed E-state index contributed by atoms with van der Waals surface area (Å²) >= 11 is 0. The largest absolute Gasteiger partial charge is 0.451 e. The second-order valence-corrected chi connectivity index (χ2v) is 7.77. The van der Waals surface area contributed by atoms with E-state index in [2.05, 4.69) is 0 Å². The van der Waals surface area contributed by atoms with Crippen molar-refractivity contribution in [2.24, 2.45) is 0 Å². The molecule has 0 radical (unpaired) electrons. The number of aryl methyl sites for hydroxylation is 2. The van der Waals surface area contributed by atoms with Crippen molar-refractivity contribution in [1.82, 2.24) is 0 Å². The number of amides is 2. The molecule has 0 bridgehead atoms. The topological polar surface area (TPSA) is 80.8 Å². The molecule has 1 atom stereocenters. The SMILES string of the molecule is Cc1ccc(C)c(N2C(=O)c3ccc(C(=O)O[C@@H](C)C(=O)c4ccccc4)cc3C2=O)c1. The van der Waals surface area contributed by atoms with Crippen molar-refractivity contribution >= 4 is 29.3 Å². The predicted octanol–water partition coefficient (Wildman–Crippen LogP) is 4.53. The highest BCUT2D eigenvalue weighted by atomic mass is 16.5. The first-order valence-electron chi connectivity index (χ1n) is 10.2. The van der Waals surface area contributed by atoms with E-state index in [4.69, 9.17) is 4.74 Å². The minimum absolute atomic E-state index is 0.0976. The maximum absolute atomic E-state index is 13.1. The van der Waals surface area contributed by atoms with Crippen molar-refractivity contribution in [2.75, 3.05) is 4.90 Å². The maximum atomic E-state index is 13.1. The Hall–Kier alpha value is -4.06. The molecule has 4 rings (SSSR count). The molecule has 3 aromatic carbocycles. The summed E-state index contributed by atoms with van der Waals surface area (Å²) in [4.78, 5) is 52.2. The summed E-state index contributed by atoms with van der Waals surface area (Å²) < 4.78 is 5.32. The molecule has 0 saturated carbocycles. The molecule has 0 aliphatic carbocycles. The molecule has 32 heavy (non-hydrogen) atoms. The number of imide groups is 1. The number of benzene rings is 3. The number of hydrogen-bond acceptors (Lipinski definition) is 5. The zero-order valence-electron chi connectivity index (χ0n) is 17.9. The summed E-state index contributed by atoms with van der Waals surface area (Å²) in [6.07, 6.45) is -0.998. The number of ketones is 1. The van der Waals surface area contributed by atoms with Gasteiger partial charge in [0.1, 0.15) is 0 Å². The number of esters is 1. The molecule has 6 heteroatoms. The Kier molecular flexibility index (Phi) is 5.45. The fraction of sp³-hybridized carbons (Fsp3) is 0.154. The van der Waals surface area contributed by atoms with Crippen LogP contribution in [0.3, 0.4) is 0 Å². The molecule has 0 fully saturated rings. The van der Waals surface area contributed by atoms with Gasteiger partial charge in [0.25, 0.3) is 11.8 Å². The lowest BCUT2D eigenvalue weighted by molar-refractivity contribution is 0.0318. The van der Waals surface area contributed by atoms with Crippen LogP contribution in [0.1, 0.15) is 59.5 Å². The molecule has 1 aliphatic rings. The van der Waals surface area contributed by atoms with Crippen molar-refractivity contribution in [3.05, 3.63) is 100 Å². The molecule has 160 valence electrons. The molecule has 0 aromatic heterocycles. The Labute approximate surface area is 185 Å². The van der Waals surface area contributed by atoms with Gasteiger partial charge in [-0.15, -0.1) is 0 Å². The molecular weight excluding hydrogens is 406 g/mol. The van der Waals surface area contributed by atoms with Crippen molar-refractivity contribution < 1.29 is 23.9 Å². The molecule has 1 heterocycles. The third-order valence-corrected chi connectivity index (χ3v) is 5.44. The van der Waals surface area contributed by atoms with Gasteiger partial charge in [0, 0.05) is 5.56 Å². The predicted molar refractivity (Wildman–Crippen MR) is 119 cm³/mol. The summed E-state index contributed by atoms with van der Waals surface area (Å²) in [7, 11) is 0. The number of carbonyl (C=O) groups is 4. The lowest BCUT2D eigenvalue weighted by atomic mass is 10.1. The van der Waals surface area contributed by atoms with Gasteiger partial charge in [-0.3, -0.25) is 14.4 Å². The second-order valence-electron chi connectivity index (χ2n) is 7.77. The van der Waals surface area contributed by atoms with Crippen LogP contribution in [-0.4, -0.2) is 29.7 Å². The number of carbonyl (C=O) groups excluding carboxylic acids is 4. The molecule has 0 saturated heterocycles. The van der Waals surface area contributed by atoms with Gasteiger partial charge in [0.15, 0.2) is 6.10 Å². The van der Waals surface area contributed by atoms with Gasteiger partial charge in [0.2, 0.25) is 5.78 Å². The summed E-state index contributed by atoms with van der Waals surface area (Å²) in [6.45, 7) is 5.21. The van der Waals surface area contributed by atoms with E-state index >= 15 is 0 Å². The molecule has 3 aromatic rings. The molecule has 2 amide bonds. The zero-order valence-corrected chi connectivity index (χ0v) is 17.9. The Morgan fingerprint density at radius 3 is 2.22 bits per heavy atom. The number of Topliss-reactive ketones (excluding diaryl/α,β-unsaturated/α-hetero) is 1. The van der Waals surface area contributed by atoms with Crippen LogP contribution in [-0.2, 0) is 4.74 Å². The highest BCUT2D eigenvalue weighted by Gasteiger charge is 2.38. The number of rotatable bonds is 5. The van der Waals surface area contributed by atoms with E-state index in [0.29, 0.717) is 11.3 Å². The van der Waals surface area contributed by atoms with Crippen LogP contribution in [0.15, 0.2) is 66.7 Å². The van der Waals surface area contributed by atoms with Crippen LogP contribution < -0.4 is 4.90 Å². The first-order valence-corrected chi connectivity index (χ1v) is 10.2. The van der Waals surface area contributed by atoms with Crippen molar-refractivity contribution in [3.63, 3.8) is 0 Å². The summed E-state index contributed by atoms with van der Waals surface area (Å²) in [5.41, 5.74) is 3.12. The fourth-order valence-electron chi connectivity index (χ4n) is 3.67. The minimum atomic E-state index is -0.998.